The molecule has 1 saturated carbocycles. The van der Waals surface area contributed by atoms with E-state index in [-0.39, 0.29) is 23.8 Å². The summed E-state index contributed by atoms with van der Waals surface area (Å²) in [7, 11) is 0. The van der Waals surface area contributed by atoms with E-state index in [0.717, 1.165) is 32.4 Å². The van der Waals surface area contributed by atoms with Gasteiger partial charge in [0.25, 0.3) is 0 Å². The summed E-state index contributed by atoms with van der Waals surface area (Å²) >= 11 is 0. The summed E-state index contributed by atoms with van der Waals surface area (Å²) in [6, 6.07) is 10.4. The lowest BCUT2D eigenvalue weighted by atomic mass is 9.94. The van der Waals surface area contributed by atoms with Crippen molar-refractivity contribution in [2.24, 2.45) is 11.8 Å². The normalized spacial score (nSPS) is 19.8. The van der Waals surface area contributed by atoms with Crippen LogP contribution in [0.5, 0.6) is 0 Å². The number of piperidine rings is 1. The number of carbonyl (C=O) groups excluding carboxylic acids is 2. The highest BCUT2D eigenvalue weighted by Crippen LogP contribution is 2.41. The van der Waals surface area contributed by atoms with Gasteiger partial charge in [0, 0.05) is 25.4 Å². The molecule has 0 aromatic heterocycles. The van der Waals surface area contributed by atoms with Crippen LogP contribution in [0.2, 0.25) is 0 Å². The molecule has 3 rings (SSSR count). The van der Waals surface area contributed by atoms with Gasteiger partial charge in [-0.05, 0) is 43.6 Å². The van der Waals surface area contributed by atoms with E-state index in [4.69, 9.17) is 0 Å². The number of nitrogens with zero attached hydrogens (tertiary/aromatic N) is 1. The van der Waals surface area contributed by atoms with Crippen LogP contribution in [0.15, 0.2) is 30.3 Å². The van der Waals surface area contributed by atoms with Crippen molar-refractivity contribution in [2.75, 3.05) is 13.1 Å². The Morgan fingerprint density at radius 3 is 2.38 bits per heavy atom. The monoisotopic (exact) mass is 328 g/mol. The zero-order valence-corrected chi connectivity index (χ0v) is 14.5. The van der Waals surface area contributed by atoms with Gasteiger partial charge in [0.05, 0.1) is 6.04 Å². The second kappa shape index (κ2) is 7.82. The van der Waals surface area contributed by atoms with Gasteiger partial charge in [-0.3, -0.25) is 9.59 Å². The molecule has 2 amide bonds. The molecule has 130 valence electrons. The number of hydrogen-bond donors (Lipinski definition) is 1. The maximum Gasteiger partial charge on any atom is 0.223 e. The predicted octanol–water partition coefficient (Wildman–Crippen LogP) is 3.29. The quantitative estimate of drug-likeness (QED) is 0.871. The maximum absolute atomic E-state index is 12.7. The molecule has 0 radical (unpaired) electrons. The summed E-state index contributed by atoms with van der Waals surface area (Å²) in [6.45, 7) is 3.46. The summed E-state index contributed by atoms with van der Waals surface area (Å²) in [4.78, 5) is 26.6. The molecule has 2 aliphatic rings. The molecule has 1 heterocycles. The van der Waals surface area contributed by atoms with Gasteiger partial charge in [-0.1, -0.05) is 37.3 Å². The molecular formula is C20H28N2O2. The maximum atomic E-state index is 12.7. The highest BCUT2D eigenvalue weighted by molar-refractivity contribution is 5.80. The first kappa shape index (κ1) is 17.0. The molecule has 1 aromatic rings. The zero-order valence-electron chi connectivity index (χ0n) is 14.5. The number of rotatable bonds is 6. The Kier molecular flexibility index (Phi) is 5.54. The van der Waals surface area contributed by atoms with Crippen molar-refractivity contribution in [1.29, 1.82) is 0 Å². The summed E-state index contributed by atoms with van der Waals surface area (Å²) in [6.07, 6.45) is 5.47. The first-order valence-corrected chi connectivity index (χ1v) is 9.32. The van der Waals surface area contributed by atoms with Crippen molar-refractivity contribution >= 4 is 11.8 Å². The van der Waals surface area contributed by atoms with Gasteiger partial charge in [0.1, 0.15) is 0 Å². The van der Waals surface area contributed by atoms with Gasteiger partial charge in [0.2, 0.25) is 11.8 Å². The fraction of sp³-hybridized carbons (Fsp3) is 0.600. The number of amides is 2. The molecule has 4 heteroatoms. The Morgan fingerprint density at radius 1 is 1.12 bits per heavy atom. The standard InChI is InChI=1S/C20H28N2O2/c1-2-6-18(23)22-13-11-17(12-14-22)20(24)21-19(16-9-10-16)15-7-4-3-5-8-15/h3-5,7-8,16-17,19H,2,6,9-14H2,1H3,(H,21,24)/t19-/m0/s1. The van der Waals surface area contributed by atoms with Crippen molar-refractivity contribution < 1.29 is 9.59 Å². The SMILES string of the molecule is CCCC(=O)N1CCC(C(=O)N[C@@H](c2ccccc2)C2CC2)CC1. The highest BCUT2D eigenvalue weighted by atomic mass is 16.2. The van der Waals surface area contributed by atoms with E-state index < -0.39 is 0 Å². The topological polar surface area (TPSA) is 49.4 Å². The van der Waals surface area contributed by atoms with Crippen LogP contribution in [-0.4, -0.2) is 29.8 Å². The minimum absolute atomic E-state index is 0.0423. The molecule has 2 fully saturated rings. The van der Waals surface area contributed by atoms with Crippen LogP contribution in [0.4, 0.5) is 0 Å². The minimum atomic E-state index is 0.0423. The molecule has 1 saturated heterocycles. The summed E-state index contributed by atoms with van der Waals surface area (Å²) in [5.41, 5.74) is 1.21. The average molecular weight is 328 g/mol. The van der Waals surface area contributed by atoms with Gasteiger partial charge >= 0.3 is 0 Å². The van der Waals surface area contributed by atoms with E-state index >= 15 is 0 Å². The van der Waals surface area contributed by atoms with Gasteiger partial charge in [-0.25, -0.2) is 0 Å². The Hall–Kier alpha value is -1.84. The molecule has 1 N–H and O–H groups in total. The zero-order chi connectivity index (χ0) is 16.9. The highest BCUT2D eigenvalue weighted by Gasteiger charge is 2.35. The Balaban J connectivity index is 1.54. The van der Waals surface area contributed by atoms with Gasteiger partial charge < -0.3 is 10.2 Å². The van der Waals surface area contributed by atoms with Crippen LogP contribution in [0, 0.1) is 11.8 Å². The summed E-state index contributed by atoms with van der Waals surface area (Å²) < 4.78 is 0. The first-order chi connectivity index (χ1) is 11.7. The van der Waals surface area contributed by atoms with Gasteiger partial charge in [-0.15, -0.1) is 0 Å². The van der Waals surface area contributed by atoms with Crippen molar-refractivity contribution in [3.05, 3.63) is 35.9 Å². The number of carbonyl (C=O) groups is 2. The van der Waals surface area contributed by atoms with Gasteiger partial charge in [-0.2, -0.15) is 0 Å². The first-order valence-electron chi connectivity index (χ1n) is 9.32. The lowest BCUT2D eigenvalue weighted by Crippen LogP contribution is -2.43. The third kappa shape index (κ3) is 4.16. The summed E-state index contributed by atoms with van der Waals surface area (Å²) in [5.74, 6) is 1.03. The third-order valence-electron chi connectivity index (χ3n) is 5.23. The Morgan fingerprint density at radius 2 is 1.79 bits per heavy atom. The second-order valence-corrected chi connectivity index (χ2v) is 7.14. The molecule has 1 aliphatic heterocycles. The van der Waals surface area contributed by atoms with E-state index in [0.29, 0.717) is 12.3 Å². The Labute approximate surface area is 144 Å². The van der Waals surface area contributed by atoms with Crippen molar-refractivity contribution in [3.8, 4) is 0 Å². The molecule has 1 aromatic carbocycles. The number of nitrogens with one attached hydrogen (secondary N) is 1. The van der Waals surface area contributed by atoms with E-state index in [1.165, 1.54) is 18.4 Å². The Bertz CT molecular complexity index is 560. The van der Waals surface area contributed by atoms with Crippen molar-refractivity contribution in [2.45, 2.75) is 51.5 Å². The fourth-order valence-electron chi connectivity index (χ4n) is 3.60. The fourth-order valence-corrected chi connectivity index (χ4v) is 3.60. The predicted molar refractivity (Wildman–Crippen MR) is 94.3 cm³/mol. The van der Waals surface area contributed by atoms with Crippen LogP contribution in [-0.2, 0) is 9.59 Å². The molecule has 1 aliphatic carbocycles. The smallest absolute Gasteiger partial charge is 0.223 e. The number of hydrogen-bond acceptors (Lipinski definition) is 2. The minimum Gasteiger partial charge on any atom is -0.349 e. The lowest BCUT2D eigenvalue weighted by Gasteiger charge is -2.32. The summed E-state index contributed by atoms with van der Waals surface area (Å²) in [5, 5.41) is 3.29. The van der Waals surface area contributed by atoms with Crippen molar-refractivity contribution in [3.63, 3.8) is 0 Å². The van der Waals surface area contributed by atoms with Crippen LogP contribution < -0.4 is 5.32 Å². The molecule has 0 spiro atoms. The second-order valence-electron chi connectivity index (χ2n) is 7.14. The number of benzene rings is 1. The van der Waals surface area contributed by atoms with Crippen LogP contribution in [0.3, 0.4) is 0 Å². The van der Waals surface area contributed by atoms with E-state index in [2.05, 4.69) is 17.4 Å². The molecule has 24 heavy (non-hydrogen) atoms. The largest absolute Gasteiger partial charge is 0.349 e. The van der Waals surface area contributed by atoms with E-state index in [1.54, 1.807) is 0 Å². The van der Waals surface area contributed by atoms with Crippen LogP contribution >= 0.6 is 0 Å². The number of likely N-dealkylation sites (tertiary alicyclic amines) is 1. The average Bonchev–Trinajstić information content (AvgIpc) is 3.45. The van der Waals surface area contributed by atoms with Crippen LogP contribution in [0.1, 0.15) is 57.1 Å². The van der Waals surface area contributed by atoms with Crippen molar-refractivity contribution in [1.82, 2.24) is 10.2 Å². The van der Waals surface area contributed by atoms with Crippen LogP contribution in [0.25, 0.3) is 0 Å². The third-order valence-corrected chi connectivity index (χ3v) is 5.23. The molecule has 1 atom stereocenters. The molecule has 4 nitrogen and oxygen atoms in total. The lowest BCUT2D eigenvalue weighted by molar-refractivity contribution is -0.135. The molecule has 0 unspecified atom stereocenters. The van der Waals surface area contributed by atoms with E-state index in [9.17, 15) is 9.59 Å². The molecule has 0 bridgehead atoms. The van der Waals surface area contributed by atoms with Gasteiger partial charge in [0.15, 0.2) is 0 Å². The molecular weight excluding hydrogens is 300 g/mol. The van der Waals surface area contributed by atoms with E-state index in [1.807, 2.05) is 30.0 Å².